The third-order valence-electron chi connectivity index (χ3n) is 2.56. The summed E-state index contributed by atoms with van der Waals surface area (Å²) >= 11 is 5.91. The Morgan fingerprint density at radius 1 is 1.47 bits per heavy atom. The van der Waals surface area contributed by atoms with Crippen molar-refractivity contribution in [2.75, 3.05) is 0 Å². The molecule has 2 N–H and O–H groups in total. The van der Waals surface area contributed by atoms with Crippen LogP contribution in [-0.4, -0.2) is 6.04 Å². The van der Waals surface area contributed by atoms with Crippen molar-refractivity contribution in [2.24, 2.45) is 5.73 Å². The number of hydrogen-bond acceptors (Lipinski definition) is 1. The molecule has 1 rings (SSSR count). The van der Waals surface area contributed by atoms with E-state index in [1.165, 1.54) is 12.1 Å². The van der Waals surface area contributed by atoms with Crippen molar-refractivity contribution in [1.29, 1.82) is 0 Å². The van der Waals surface area contributed by atoms with Crippen molar-refractivity contribution in [3.05, 3.63) is 34.6 Å². The molecule has 0 saturated carbocycles. The molecule has 0 aromatic heterocycles. The van der Waals surface area contributed by atoms with Gasteiger partial charge in [-0.2, -0.15) is 0 Å². The first-order chi connectivity index (χ1) is 7.13. The van der Waals surface area contributed by atoms with E-state index >= 15 is 0 Å². The van der Waals surface area contributed by atoms with Crippen molar-refractivity contribution in [2.45, 2.75) is 38.6 Å². The predicted molar refractivity (Wildman–Crippen MR) is 62.6 cm³/mol. The minimum Gasteiger partial charge on any atom is -0.328 e. The molecule has 1 aromatic rings. The van der Waals surface area contributed by atoms with Crippen LogP contribution in [0.5, 0.6) is 0 Å². The summed E-state index contributed by atoms with van der Waals surface area (Å²) in [4.78, 5) is 0. The lowest BCUT2D eigenvalue weighted by molar-refractivity contribution is 0.567. The van der Waals surface area contributed by atoms with Crippen LogP contribution in [0.2, 0.25) is 5.02 Å². The SMILES string of the molecule is CCC(N)CCCc1ccc(F)cc1Cl. The molecule has 0 spiro atoms. The lowest BCUT2D eigenvalue weighted by Crippen LogP contribution is -2.18. The van der Waals surface area contributed by atoms with Crippen LogP contribution in [0.25, 0.3) is 0 Å². The molecule has 0 amide bonds. The van der Waals surface area contributed by atoms with Gasteiger partial charge in [0.15, 0.2) is 0 Å². The van der Waals surface area contributed by atoms with Crippen LogP contribution >= 0.6 is 11.6 Å². The highest BCUT2D eigenvalue weighted by molar-refractivity contribution is 6.31. The first-order valence-corrected chi connectivity index (χ1v) is 5.70. The van der Waals surface area contributed by atoms with E-state index in [1.807, 2.05) is 0 Å². The Morgan fingerprint density at radius 3 is 2.80 bits per heavy atom. The van der Waals surface area contributed by atoms with Crippen LogP contribution in [-0.2, 0) is 6.42 Å². The molecular weight excluding hydrogens is 213 g/mol. The van der Waals surface area contributed by atoms with Gasteiger partial charge in [-0.1, -0.05) is 24.6 Å². The van der Waals surface area contributed by atoms with Gasteiger partial charge in [0.1, 0.15) is 5.82 Å². The summed E-state index contributed by atoms with van der Waals surface area (Å²) in [5.41, 5.74) is 6.81. The highest BCUT2D eigenvalue weighted by Gasteiger charge is 2.03. The molecule has 3 heteroatoms. The molecule has 15 heavy (non-hydrogen) atoms. The van der Waals surface area contributed by atoms with E-state index in [9.17, 15) is 4.39 Å². The van der Waals surface area contributed by atoms with Gasteiger partial charge in [-0.3, -0.25) is 0 Å². The zero-order valence-corrected chi connectivity index (χ0v) is 9.73. The fourth-order valence-electron chi connectivity index (χ4n) is 1.48. The summed E-state index contributed by atoms with van der Waals surface area (Å²) < 4.78 is 12.7. The van der Waals surface area contributed by atoms with E-state index in [1.54, 1.807) is 6.07 Å². The van der Waals surface area contributed by atoms with Gasteiger partial charge in [-0.15, -0.1) is 0 Å². The molecular formula is C12H17ClFN. The molecule has 0 heterocycles. The third-order valence-corrected chi connectivity index (χ3v) is 2.91. The van der Waals surface area contributed by atoms with E-state index in [0.717, 1.165) is 31.2 Å². The molecule has 0 aliphatic rings. The van der Waals surface area contributed by atoms with Crippen LogP contribution in [0, 0.1) is 5.82 Å². The van der Waals surface area contributed by atoms with Crippen molar-refractivity contribution in [3.63, 3.8) is 0 Å². The van der Waals surface area contributed by atoms with Gasteiger partial charge in [0.25, 0.3) is 0 Å². The lowest BCUT2D eigenvalue weighted by atomic mass is 10.0. The molecule has 1 nitrogen and oxygen atoms in total. The number of aryl methyl sites for hydroxylation is 1. The Bertz CT molecular complexity index is 314. The number of halogens is 2. The second kappa shape index (κ2) is 6.09. The Labute approximate surface area is 95.4 Å². The molecule has 0 aliphatic carbocycles. The van der Waals surface area contributed by atoms with Gasteiger partial charge in [0.05, 0.1) is 0 Å². The van der Waals surface area contributed by atoms with Crippen LogP contribution in [0.4, 0.5) is 4.39 Å². The fourth-order valence-corrected chi connectivity index (χ4v) is 1.74. The zero-order valence-electron chi connectivity index (χ0n) is 8.97. The normalized spacial score (nSPS) is 12.8. The number of benzene rings is 1. The van der Waals surface area contributed by atoms with Gasteiger partial charge in [-0.25, -0.2) is 4.39 Å². The molecule has 0 saturated heterocycles. The maximum Gasteiger partial charge on any atom is 0.124 e. The maximum absolute atomic E-state index is 12.7. The highest BCUT2D eigenvalue weighted by Crippen LogP contribution is 2.19. The van der Waals surface area contributed by atoms with Crippen LogP contribution in [0.15, 0.2) is 18.2 Å². The largest absolute Gasteiger partial charge is 0.328 e. The molecule has 0 aliphatic heterocycles. The second-order valence-electron chi connectivity index (χ2n) is 3.80. The van der Waals surface area contributed by atoms with Gasteiger partial charge < -0.3 is 5.73 Å². The Morgan fingerprint density at radius 2 is 2.20 bits per heavy atom. The summed E-state index contributed by atoms with van der Waals surface area (Å²) in [5.74, 6) is -0.283. The average molecular weight is 230 g/mol. The Hall–Kier alpha value is -0.600. The summed E-state index contributed by atoms with van der Waals surface area (Å²) in [7, 11) is 0. The lowest BCUT2D eigenvalue weighted by Gasteiger charge is -2.08. The minimum absolute atomic E-state index is 0.268. The Balaban J connectivity index is 2.44. The van der Waals surface area contributed by atoms with Crippen molar-refractivity contribution in [1.82, 2.24) is 0 Å². The number of rotatable bonds is 5. The van der Waals surface area contributed by atoms with Gasteiger partial charge in [-0.05, 0) is 43.4 Å². The third kappa shape index (κ3) is 4.18. The van der Waals surface area contributed by atoms with Crippen molar-refractivity contribution >= 4 is 11.6 Å². The highest BCUT2D eigenvalue weighted by atomic mass is 35.5. The van der Waals surface area contributed by atoms with Crippen molar-refractivity contribution < 1.29 is 4.39 Å². The van der Waals surface area contributed by atoms with E-state index in [4.69, 9.17) is 17.3 Å². The summed E-state index contributed by atoms with van der Waals surface area (Å²) in [6, 6.07) is 4.82. The first-order valence-electron chi connectivity index (χ1n) is 5.33. The zero-order chi connectivity index (χ0) is 11.3. The monoisotopic (exact) mass is 229 g/mol. The molecule has 1 unspecified atom stereocenters. The molecule has 84 valence electrons. The fraction of sp³-hybridized carbons (Fsp3) is 0.500. The molecule has 0 bridgehead atoms. The topological polar surface area (TPSA) is 26.0 Å². The predicted octanol–water partition coefficient (Wildman–Crippen LogP) is 3.54. The number of nitrogens with two attached hydrogens (primary N) is 1. The van der Waals surface area contributed by atoms with E-state index in [0.29, 0.717) is 5.02 Å². The standard InChI is InChI=1S/C12H17ClFN/c1-2-11(15)5-3-4-9-6-7-10(14)8-12(9)13/h6-8,11H,2-5,15H2,1H3. The van der Waals surface area contributed by atoms with Gasteiger partial charge in [0, 0.05) is 11.1 Å². The molecule has 1 atom stereocenters. The number of hydrogen-bond donors (Lipinski definition) is 1. The first kappa shape index (κ1) is 12.5. The summed E-state index contributed by atoms with van der Waals surface area (Å²) in [5, 5.41) is 0.514. The maximum atomic E-state index is 12.7. The van der Waals surface area contributed by atoms with Gasteiger partial charge >= 0.3 is 0 Å². The molecule has 1 aromatic carbocycles. The summed E-state index contributed by atoms with van der Waals surface area (Å²) in [6.45, 7) is 2.08. The van der Waals surface area contributed by atoms with Crippen molar-refractivity contribution in [3.8, 4) is 0 Å². The minimum atomic E-state index is -0.283. The van der Waals surface area contributed by atoms with E-state index < -0.39 is 0 Å². The molecule has 0 radical (unpaired) electrons. The van der Waals surface area contributed by atoms with E-state index in [2.05, 4.69) is 6.92 Å². The smallest absolute Gasteiger partial charge is 0.124 e. The van der Waals surface area contributed by atoms with E-state index in [-0.39, 0.29) is 11.9 Å². The molecule has 0 fully saturated rings. The summed E-state index contributed by atoms with van der Waals surface area (Å²) in [6.07, 6.45) is 3.86. The quantitative estimate of drug-likeness (QED) is 0.821. The average Bonchev–Trinajstić information content (AvgIpc) is 2.21. The Kier molecular flexibility index (Phi) is 5.06. The van der Waals surface area contributed by atoms with Crippen LogP contribution in [0.1, 0.15) is 31.7 Å². The second-order valence-corrected chi connectivity index (χ2v) is 4.20. The van der Waals surface area contributed by atoms with Gasteiger partial charge in [0.2, 0.25) is 0 Å². The van der Waals surface area contributed by atoms with Crippen LogP contribution < -0.4 is 5.73 Å². The van der Waals surface area contributed by atoms with Crippen LogP contribution in [0.3, 0.4) is 0 Å².